The first-order valence-electron chi connectivity index (χ1n) is 8.16. The fourth-order valence-corrected chi connectivity index (χ4v) is 4.09. The van der Waals surface area contributed by atoms with E-state index in [0.717, 1.165) is 30.2 Å². The van der Waals surface area contributed by atoms with Gasteiger partial charge in [-0.3, -0.25) is 4.57 Å². The Morgan fingerprint density at radius 3 is 3.04 bits per heavy atom. The van der Waals surface area contributed by atoms with E-state index in [1.54, 1.807) is 11.3 Å². The molecule has 0 amide bonds. The molecule has 3 aromatic rings. The molecule has 5 heteroatoms. The first kappa shape index (κ1) is 15.4. The molecule has 4 rings (SSSR count). The Labute approximate surface area is 146 Å². The minimum atomic E-state index is 0.267. The molecule has 1 aromatic carbocycles. The topological polar surface area (TPSA) is 30.3 Å². The SMILES string of the molecule is CC1Cc2cc(-n3ccnc3-c3cc(CN(C)C)cs3)ccc2O1. The zero-order valence-electron chi connectivity index (χ0n) is 14.2. The maximum Gasteiger partial charge on any atom is 0.154 e. The van der Waals surface area contributed by atoms with E-state index >= 15 is 0 Å². The molecular weight excluding hydrogens is 318 g/mol. The van der Waals surface area contributed by atoms with Gasteiger partial charge in [0.15, 0.2) is 5.82 Å². The second-order valence-corrected chi connectivity index (χ2v) is 7.51. The van der Waals surface area contributed by atoms with Crippen molar-refractivity contribution in [1.82, 2.24) is 14.5 Å². The molecule has 1 unspecified atom stereocenters. The largest absolute Gasteiger partial charge is 0.490 e. The summed E-state index contributed by atoms with van der Waals surface area (Å²) in [6.07, 6.45) is 5.14. The number of aromatic nitrogens is 2. The number of rotatable bonds is 4. The summed E-state index contributed by atoms with van der Waals surface area (Å²) in [6, 6.07) is 8.64. The molecule has 0 aliphatic carbocycles. The summed E-state index contributed by atoms with van der Waals surface area (Å²) >= 11 is 1.75. The van der Waals surface area contributed by atoms with Crippen molar-refractivity contribution in [3.05, 3.63) is 53.2 Å². The molecule has 1 aliphatic rings. The molecule has 0 N–H and O–H groups in total. The van der Waals surface area contributed by atoms with Crippen LogP contribution < -0.4 is 4.74 Å². The Bertz CT molecular complexity index is 865. The molecule has 0 spiro atoms. The smallest absolute Gasteiger partial charge is 0.154 e. The van der Waals surface area contributed by atoms with Gasteiger partial charge in [-0.2, -0.15) is 0 Å². The van der Waals surface area contributed by atoms with Crippen LogP contribution in [0.4, 0.5) is 0 Å². The quantitative estimate of drug-likeness (QED) is 0.720. The normalized spacial score (nSPS) is 16.4. The number of thiophene rings is 1. The Hall–Kier alpha value is -2.11. The zero-order valence-corrected chi connectivity index (χ0v) is 15.0. The van der Waals surface area contributed by atoms with E-state index in [1.165, 1.54) is 16.0 Å². The third kappa shape index (κ3) is 2.85. The molecule has 4 nitrogen and oxygen atoms in total. The predicted octanol–water partition coefficient (Wildman–Crippen LogP) is 3.99. The third-order valence-electron chi connectivity index (χ3n) is 4.17. The van der Waals surface area contributed by atoms with Crippen LogP contribution in [0.15, 0.2) is 42.0 Å². The van der Waals surface area contributed by atoms with Crippen LogP contribution in [0.3, 0.4) is 0 Å². The van der Waals surface area contributed by atoms with Crippen LogP contribution in [0, 0.1) is 0 Å². The lowest BCUT2D eigenvalue weighted by Crippen LogP contribution is -2.09. The van der Waals surface area contributed by atoms with Gasteiger partial charge >= 0.3 is 0 Å². The fraction of sp³-hybridized carbons (Fsp3) is 0.316. The minimum Gasteiger partial charge on any atom is -0.490 e. The van der Waals surface area contributed by atoms with Crippen molar-refractivity contribution in [2.24, 2.45) is 0 Å². The van der Waals surface area contributed by atoms with Gasteiger partial charge in [0.2, 0.25) is 0 Å². The lowest BCUT2D eigenvalue weighted by Gasteiger charge is -2.09. The Kier molecular flexibility index (Phi) is 3.90. The van der Waals surface area contributed by atoms with Crippen LogP contribution in [0.25, 0.3) is 16.4 Å². The number of hydrogen-bond donors (Lipinski definition) is 0. The second-order valence-electron chi connectivity index (χ2n) is 6.60. The Morgan fingerprint density at radius 2 is 2.21 bits per heavy atom. The van der Waals surface area contributed by atoms with Crippen molar-refractivity contribution < 1.29 is 4.74 Å². The molecule has 1 atom stereocenters. The van der Waals surface area contributed by atoms with Gasteiger partial charge in [0.25, 0.3) is 0 Å². The molecule has 24 heavy (non-hydrogen) atoms. The van der Waals surface area contributed by atoms with Crippen molar-refractivity contribution in [2.45, 2.75) is 26.0 Å². The van der Waals surface area contributed by atoms with Gasteiger partial charge in [-0.1, -0.05) is 0 Å². The zero-order chi connectivity index (χ0) is 16.7. The summed E-state index contributed by atoms with van der Waals surface area (Å²) in [5.41, 5.74) is 3.74. The van der Waals surface area contributed by atoms with Crippen molar-refractivity contribution in [2.75, 3.05) is 14.1 Å². The molecule has 0 saturated carbocycles. The van der Waals surface area contributed by atoms with E-state index in [0.29, 0.717) is 0 Å². The number of hydrogen-bond acceptors (Lipinski definition) is 4. The number of imidazole rings is 1. The lowest BCUT2D eigenvalue weighted by molar-refractivity contribution is 0.254. The van der Waals surface area contributed by atoms with Crippen LogP contribution in [0.5, 0.6) is 5.75 Å². The molecule has 2 aromatic heterocycles. The van der Waals surface area contributed by atoms with Crippen molar-refractivity contribution in [3.8, 4) is 22.1 Å². The van der Waals surface area contributed by atoms with Gasteiger partial charge in [-0.15, -0.1) is 11.3 Å². The summed E-state index contributed by atoms with van der Waals surface area (Å²) in [5, 5.41) is 2.21. The molecule has 0 fully saturated rings. The first-order valence-corrected chi connectivity index (χ1v) is 9.04. The monoisotopic (exact) mass is 339 g/mol. The van der Waals surface area contributed by atoms with E-state index in [9.17, 15) is 0 Å². The van der Waals surface area contributed by atoms with E-state index in [2.05, 4.69) is 65.1 Å². The van der Waals surface area contributed by atoms with E-state index in [-0.39, 0.29) is 6.10 Å². The second kappa shape index (κ2) is 6.07. The standard InChI is InChI=1S/C19H21N3OS/c1-13-8-15-10-16(4-5-17(15)23-13)22-7-6-20-19(22)18-9-14(12-24-18)11-21(2)3/h4-7,9-10,12-13H,8,11H2,1-3H3. The van der Waals surface area contributed by atoms with Gasteiger partial charge in [0.05, 0.1) is 4.88 Å². The minimum absolute atomic E-state index is 0.267. The van der Waals surface area contributed by atoms with Crippen LogP contribution in [0.1, 0.15) is 18.1 Å². The number of ether oxygens (including phenoxy) is 1. The van der Waals surface area contributed by atoms with Crippen LogP contribution in [-0.4, -0.2) is 34.7 Å². The first-order chi connectivity index (χ1) is 11.6. The maximum atomic E-state index is 5.81. The summed E-state index contributed by atoms with van der Waals surface area (Å²) in [4.78, 5) is 7.97. The van der Waals surface area contributed by atoms with Gasteiger partial charge < -0.3 is 9.64 Å². The van der Waals surface area contributed by atoms with Gasteiger partial charge in [-0.25, -0.2) is 4.98 Å². The highest BCUT2D eigenvalue weighted by Crippen LogP contribution is 2.33. The van der Waals surface area contributed by atoms with Gasteiger partial charge in [0, 0.05) is 31.0 Å². The molecular formula is C19H21N3OS. The lowest BCUT2D eigenvalue weighted by atomic mass is 10.1. The van der Waals surface area contributed by atoms with Crippen molar-refractivity contribution >= 4 is 11.3 Å². The maximum absolute atomic E-state index is 5.81. The molecule has 0 bridgehead atoms. The highest BCUT2D eigenvalue weighted by atomic mass is 32.1. The van der Waals surface area contributed by atoms with Crippen LogP contribution >= 0.6 is 11.3 Å². The molecule has 3 heterocycles. The van der Waals surface area contributed by atoms with Crippen molar-refractivity contribution in [3.63, 3.8) is 0 Å². The van der Waals surface area contributed by atoms with Gasteiger partial charge in [-0.05, 0) is 61.8 Å². The number of benzene rings is 1. The summed E-state index contributed by atoms with van der Waals surface area (Å²) in [6.45, 7) is 3.06. The van der Waals surface area contributed by atoms with E-state index < -0.39 is 0 Å². The number of fused-ring (bicyclic) bond motifs is 1. The highest BCUT2D eigenvalue weighted by molar-refractivity contribution is 7.13. The van der Waals surface area contributed by atoms with Crippen LogP contribution in [-0.2, 0) is 13.0 Å². The average molecular weight is 339 g/mol. The fourth-order valence-electron chi connectivity index (χ4n) is 3.19. The molecule has 0 radical (unpaired) electrons. The van der Waals surface area contributed by atoms with E-state index in [1.807, 2.05) is 12.4 Å². The Balaban J connectivity index is 1.68. The Morgan fingerprint density at radius 1 is 1.33 bits per heavy atom. The molecule has 0 saturated heterocycles. The highest BCUT2D eigenvalue weighted by Gasteiger charge is 2.20. The van der Waals surface area contributed by atoms with Crippen LogP contribution in [0.2, 0.25) is 0 Å². The summed E-state index contributed by atoms with van der Waals surface area (Å²) in [7, 11) is 4.18. The summed E-state index contributed by atoms with van der Waals surface area (Å²) < 4.78 is 7.97. The summed E-state index contributed by atoms with van der Waals surface area (Å²) in [5.74, 6) is 2.01. The van der Waals surface area contributed by atoms with E-state index in [4.69, 9.17) is 4.74 Å². The predicted molar refractivity (Wildman–Crippen MR) is 98.1 cm³/mol. The number of nitrogens with zero attached hydrogens (tertiary/aromatic N) is 3. The average Bonchev–Trinajstić information content (AvgIpc) is 3.22. The van der Waals surface area contributed by atoms with Crippen molar-refractivity contribution in [1.29, 1.82) is 0 Å². The third-order valence-corrected chi connectivity index (χ3v) is 5.15. The molecule has 1 aliphatic heterocycles. The molecule has 124 valence electrons. The van der Waals surface area contributed by atoms with Gasteiger partial charge in [0.1, 0.15) is 11.9 Å².